The van der Waals surface area contributed by atoms with Gasteiger partial charge in [0.2, 0.25) is 0 Å². The van der Waals surface area contributed by atoms with E-state index < -0.39 is 17.7 Å². The Hall–Kier alpha value is -4.57. The molecule has 3 aromatic carbocycles. The molecule has 0 N–H and O–H groups in total. The topological polar surface area (TPSA) is 84.6 Å². The van der Waals surface area contributed by atoms with E-state index in [0.717, 1.165) is 46.6 Å². The fourth-order valence-electron chi connectivity index (χ4n) is 5.84. The Bertz CT molecular complexity index is 1790. The van der Waals surface area contributed by atoms with Gasteiger partial charge in [-0.15, -0.1) is 0 Å². The highest BCUT2D eigenvalue weighted by Crippen LogP contribution is 2.40. The Balaban J connectivity index is 1.52. The molecule has 2 aromatic heterocycles. The first-order valence-corrected chi connectivity index (χ1v) is 14.4. The molecule has 0 atom stereocenters. The number of hydrogen-bond acceptors (Lipinski definition) is 6. The van der Waals surface area contributed by atoms with Crippen molar-refractivity contribution in [2.24, 2.45) is 0 Å². The first kappa shape index (κ1) is 28.5. The number of benzene rings is 3. The molecular weight excluding hydrogens is 556 g/mol. The van der Waals surface area contributed by atoms with Gasteiger partial charge in [-0.05, 0) is 61.6 Å². The van der Waals surface area contributed by atoms with Crippen LogP contribution in [0.3, 0.4) is 0 Å². The van der Waals surface area contributed by atoms with Crippen molar-refractivity contribution >= 4 is 33.9 Å². The molecule has 8 nitrogen and oxygen atoms in total. The standard InChI is InChI=1S/C33H31F2N3O5/c1-2-42-31(39)11-9-25-26-18-29-23(19-36-38(29)33(40)43-20-21-6-4-3-5-7-21)16-30(26)37(24-8-10-27(34)28(35)17-24)32(25)22-12-14-41-15-13-22/h3-8,10,16-19,22H,2,9,11-15,20H2,1H3. The summed E-state index contributed by atoms with van der Waals surface area (Å²) in [4.78, 5) is 25.6. The number of esters is 1. The molecule has 6 rings (SSSR count). The van der Waals surface area contributed by atoms with E-state index in [1.165, 1.54) is 10.7 Å². The molecule has 3 heterocycles. The quantitative estimate of drug-likeness (QED) is 0.185. The van der Waals surface area contributed by atoms with Gasteiger partial charge in [0, 0.05) is 53.8 Å². The van der Waals surface area contributed by atoms with Crippen molar-refractivity contribution in [2.75, 3.05) is 19.8 Å². The maximum absolute atomic E-state index is 14.6. The molecule has 0 saturated carbocycles. The minimum atomic E-state index is -0.958. The summed E-state index contributed by atoms with van der Waals surface area (Å²) >= 11 is 0. The summed E-state index contributed by atoms with van der Waals surface area (Å²) in [7, 11) is 0. The molecule has 5 aromatic rings. The minimum absolute atomic E-state index is 0.0434. The molecule has 1 aliphatic rings. The molecule has 43 heavy (non-hydrogen) atoms. The van der Waals surface area contributed by atoms with Crippen LogP contribution in [-0.4, -0.2) is 46.2 Å². The monoisotopic (exact) mass is 587 g/mol. The van der Waals surface area contributed by atoms with Crippen LogP contribution in [-0.2, 0) is 32.0 Å². The van der Waals surface area contributed by atoms with Gasteiger partial charge in [0.15, 0.2) is 11.6 Å². The SMILES string of the molecule is CCOC(=O)CCc1c(C2CCOCC2)n(-c2ccc(F)c(F)c2)c2cc3cnn(C(=O)OCc4ccccc4)c3cc12. The molecule has 0 spiro atoms. The zero-order valence-corrected chi connectivity index (χ0v) is 23.7. The summed E-state index contributed by atoms with van der Waals surface area (Å²) in [5.74, 6) is -2.18. The lowest BCUT2D eigenvalue weighted by molar-refractivity contribution is -0.143. The number of carbonyl (C=O) groups excluding carboxylic acids is 2. The van der Waals surface area contributed by atoms with Gasteiger partial charge >= 0.3 is 12.1 Å². The van der Waals surface area contributed by atoms with E-state index in [0.29, 0.717) is 36.2 Å². The summed E-state index contributed by atoms with van der Waals surface area (Å²) in [5, 5.41) is 5.76. The van der Waals surface area contributed by atoms with Crippen molar-refractivity contribution in [3.63, 3.8) is 0 Å². The third-order valence-corrected chi connectivity index (χ3v) is 7.83. The smallest absolute Gasteiger partial charge is 0.435 e. The van der Waals surface area contributed by atoms with Crippen LogP contribution in [0.2, 0.25) is 0 Å². The normalized spacial score (nSPS) is 13.9. The molecule has 0 bridgehead atoms. The minimum Gasteiger partial charge on any atom is -0.466 e. The summed E-state index contributed by atoms with van der Waals surface area (Å²) in [5.41, 5.74) is 4.36. The Labute approximate surface area is 246 Å². The lowest BCUT2D eigenvalue weighted by Crippen LogP contribution is -2.18. The van der Waals surface area contributed by atoms with Crippen molar-refractivity contribution in [3.8, 4) is 5.69 Å². The van der Waals surface area contributed by atoms with Crippen LogP contribution in [0, 0.1) is 11.6 Å². The van der Waals surface area contributed by atoms with Crippen LogP contribution >= 0.6 is 0 Å². The second-order valence-electron chi connectivity index (χ2n) is 10.5. The van der Waals surface area contributed by atoms with E-state index in [1.54, 1.807) is 19.2 Å². The lowest BCUT2D eigenvalue weighted by Gasteiger charge is -2.25. The maximum Gasteiger partial charge on any atom is 0.435 e. The maximum atomic E-state index is 14.6. The second-order valence-corrected chi connectivity index (χ2v) is 10.5. The van der Waals surface area contributed by atoms with Crippen LogP contribution < -0.4 is 0 Å². The Morgan fingerprint density at radius 3 is 2.51 bits per heavy atom. The van der Waals surface area contributed by atoms with E-state index in [-0.39, 0.29) is 31.5 Å². The lowest BCUT2D eigenvalue weighted by atomic mass is 9.91. The van der Waals surface area contributed by atoms with Gasteiger partial charge in [-0.3, -0.25) is 4.79 Å². The van der Waals surface area contributed by atoms with Crippen molar-refractivity contribution in [3.05, 3.63) is 95.3 Å². The van der Waals surface area contributed by atoms with E-state index >= 15 is 0 Å². The predicted molar refractivity (Wildman–Crippen MR) is 156 cm³/mol. The van der Waals surface area contributed by atoms with Crippen LogP contribution in [0.15, 0.2) is 66.9 Å². The Kier molecular flexibility index (Phi) is 8.20. The predicted octanol–water partition coefficient (Wildman–Crippen LogP) is 6.83. The Morgan fingerprint density at radius 2 is 1.77 bits per heavy atom. The second kappa shape index (κ2) is 12.3. The first-order chi connectivity index (χ1) is 20.9. The third kappa shape index (κ3) is 5.75. The number of carbonyl (C=O) groups is 2. The van der Waals surface area contributed by atoms with Gasteiger partial charge in [-0.1, -0.05) is 30.3 Å². The largest absolute Gasteiger partial charge is 0.466 e. The number of aryl methyl sites for hydroxylation is 1. The molecule has 0 aliphatic carbocycles. The van der Waals surface area contributed by atoms with Crippen LogP contribution in [0.4, 0.5) is 13.6 Å². The van der Waals surface area contributed by atoms with Gasteiger partial charge < -0.3 is 18.8 Å². The van der Waals surface area contributed by atoms with Crippen LogP contribution in [0.5, 0.6) is 0 Å². The zero-order valence-electron chi connectivity index (χ0n) is 23.7. The summed E-state index contributed by atoms with van der Waals surface area (Å²) < 4.78 is 48.2. The molecule has 1 aliphatic heterocycles. The summed E-state index contributed by atoms with van der Waals surface area (Å²) in [6.45, 7) is 3.24. The van der Waals surface area contributed by atoms with E-state index in [2.05, 4.69) is 5.10 Å². The highest BCUT2D eigenvalue weighted by Gasteiger charge is 2.29. The highest BCUT2D eigenvalue weighted by atomic mass is 19.2. The number of aromatic nitrogens is 3. The summed E-state index contributed by atoms with van der Waals surface area (Å²) in [6, 6.07) is 17.0. The third-order valence-electron chi connectivity index (χ3n) is 7.83. The number of nitrogens with zero attached hydrogens (tertiary/aromatic N) is 3. The molecule has 0 radical (unpaired) electrons. The average molecular weight is 588 g/mol. The molecule has 0 unspecified atom stereocenters. The van der Waals surface area contributed by atoms with Crippen molar-refractivity contribution in [1.82, 2.24) is 14.3 Å². The molecule has 0 amide bonds. The van der Waals surface area contributed by atoms with Crippen molar-refractivity contribution < 1.29 is 32.6 Å². The molecule has 1 fully saturated rings. The summed E-state index contributed by atoms with van der Waals surface area (Å²) in [6.07, 6.45) is 2.90. The number of halogens is 2. The Morgan fingerprint density at radius 1 is 0.977 bits per heavy atom. The molecule has 10 heteroatoms. The average Bonchev–Trinajstić information content (AvgIpc) is 3.58. The number of rotatable bonds is 8. The van der Waals surface area contributed by atoms with Gasteiger partial charge in [0.25, 0.3) is 0 Å². The van der Waals surface area contributed by atoms with Gasteiger partial charge in [-0.25, -0.2) is 13.6 Å². The van der Waals surface area contributed by atoms with Crippen molar-refractivity contribution in [2.45, 2.75) is 45.1 Å². The molecular formula is C33H31F2N3O5. The van der Waals surface area contributed by atoms with Crippen molar-refractivity contribution in [1.29, 1.82) is 0 Å². The van der Waals surface area contributed by atoms with Gasteiger partial charge in [0.1, 0.15) is 6.61 Å². The van der Waals surface area contributed by atoms with E-state index in [9.17, 15) is 18.4 Å². The first-order valence-electron chi connectivity index (χ1n) is 14.4. The van der Waals surface area contributed by atoms with E-state index in [1.807, 2.05) is 47.0 Å². The number of ether oxygens (including phenoxy) is 3. The number of hydrogen-bond donors (Lipinski definition) is 0. The number of fused-ring (bicyclic) bond motifs is 2. The van der Waals surface area contributed by atoms with Gasteiger partial charge in [-0.2, -0.15) is 9.78 Å². The molecule has 1 saturated heterocycles. The molecule has 222 valence electrons. The highest BCUT2D eigenvalue weighted by molar-refractivity contribution is 6.01. The van der Waals surface area contributed by atoms with Gasteiger partial charge in [0.05, 0.1) is 23.8 Å². The van der Waals surface area contributed by atoms with Crippen LogP contribution in [0.25, 0.3) is 27.5 Å². The fraction of sp³-hybridized carbons (Fsp3) is 0.303. The van der Waals surface area contributed by atoms with E-state index in [4.69, 9.17) is 14.2 Å². The zero-order chi connectivity index (χ0) is 29.9. The fourth-order valence-corrected chi connectivity index (χ4v) is 5.84. The van der Waals surface area contributed by atoms with Crippen LogP contribution in [0.1, 0.15) is 48.9 Å².